The van der Waals surface area contributed by atoms with E-state index in [1.165, 1.54) is 93.6 Å². The Morgan fingerprint density at radius 1 is 0.286 bits per heavy atom. The van der Waals surface area contributed by atoms with Gasteiger partial charge in [-0.2, -0.15) is 0 Å². The fraction of sp³-hybridized carbons (Fsp3) is 0.0882. The number of benzene rings is 11. The van der Waals surface area contributed by atoms with Crippen molar-refractivity contribution in [1.29, 1.82) is 0 Å². The molecule has 0 amide bonds. The molecule has 2 aliphatic rings. The van der Waals surface area contributed by atoms with Crippen LogP contribution in [-0.2, 0) is 10.8 Å². The minimum Gasteiger partial charge on any atom is -0.310 e. The first-order chi connectivity index (χ1) is 34.2. The molecule has 11 aromatic rings. The second-order valence-corrected chi connectivity index (χ2v) is 20.2. The highest BCUT2D eigenvalue weighted by molar-refractivity contribution is 6.15. The molecule has 70 heavy (non-hydrogen) atoms. The Bertz CT molecular complexity index is 3860. The summed E-state index contributed by atoms with van der Waals surface area (Å²) >= 11 is 0. The van der Waals surface area contributed by atoms with Crippen molar-refractivity contribution in [3.05, 3.63) is 264 Å². The van der Waals surface area contributed by atoms with Crippen molar-refractivity contribution in [2.75, 3.05) is 9.80 Å². The number of rotatable bonds is 8. The topological polar surface area (TPSA) is 6.48 Å². The standard InChI is InChI=1S/C68H52N2/c1-67(2)62-39-45(29-35-57(62)59-37-33-53(43-64(59)67)69(50-20-7-5-8-21-50)51-22-9-6-10-23-51)27-28-46-30-36-58-60-38-34-54(44-65(60)68(3,4)63(58)40-46)70(52-32-31-47-17-11-12-18-48(47)41-52)66-42-49-19-13-14-24-55(49)56-25-15-16-26-61(56)66/h5-44H,1-4H3/b28-27+. The van der Waals surface area contributed by atoms with Gasteiger partial charge in [0.05, 0.1) is 5.69 Å². The van der Waals surface area contributed by atoms with E-state index < -0.39 is 0 Å². The molecule has 2 nitrogen and oxygen atoms in total. The highest BCUT2D eigenvalue weighted by Gasteiger charge is 2.38. The largest absolute Gasteiger partial charge is 0.310 e. The average molecular weight is 897 g/mol. The van der Waals surface area contributed by atoms with Gasteiger partial charge in [-0.3, -0.25) is 0 Å². The maximum absolute atomic E-state index is 2.48. The first kappa shape index (κ1) is 41.7. The number of nitrogens with zero attached hydrogens (tertiary/aromatic N) is 2. The maximum Gasteiger partial charge on any atom is 0.0546 e. The fourth-order valence-electron chi connectivity index (χ4n) is 11.7. The van der Waals surface area contributed by atoms with E-state index in [1.807, 2.05) is 0 Å². The van der Waals surface area contributed by atoms with Crippen molar-refractivity contribution >= 4 is 78.6 Å². The summed E-state index contributed by atoms with van der Waals surface area (Å²) in [5, 5.41) is 7.45. The van der Waals surface area contributed by atoms with E-state index >= 15 is 0 Å². The molecule has 2 aliphatic carbocycles. The Morgan fingerprint density at radius 2 is 0.700 bits per heavy atom. The predicted octanol–water partition coefficient (Wildman–Crippen LogP) is 18.9. The summed E-state index contributed by atoms with van der Waals surface area (Å²) in [6, 6.07) is 85.1. The molecule has 334 valence electrons. The Labute approximate surface area is 411 Å². The van der Waals surface area contributed by atoms with Crippen LogP contribution in [0, 0.1) is 0 Å². The molecule has 2 heteroatoms. The molecule has 0 saturated carbocycles. The molecular weight excluding hydrogens is 845 g/mol. The molecule has 0 spiro atoms. The monoisotopic (exact) mass is 896 g/mol. The van der Waals surface area contributed by atoms with Crippen LogP contribution >= 0.6 is 0 Å². The number of para-hydroxylation sites is 2. The summed E-state index contributed by atoms with van der Waals surface area (Å²) in [5.74, 6) is 0. The predicted molar refractivity (Wildman–Crippen MR) is 299 cm³/mol. The highest BCUT2D eigenvalue weighted by atomic mass is 15.1. The molecule has 0 saturated heterocycles. The highest BCUT2D eigenvalue weighted by Crippen LogP contribution is 2.53. The fourth-order valence-corrected chi connectivity index (χ4v) is 11.7. The Kier molecular flexibility index (Phi) is 9.58. The summed E-state index contributed by atoms with van der Waals surface area (Å²) in [6.07, 6.45) is 4.59. The van der Waals surface area contributed by atoms with Gasteiger partial charge in [0.25, 0.3) is 0 Å². The van der Waals surface area contributed by atoms with Crippen molar-refractivity contribution in [3.63, 3.8) is 0 Å². The van der Waals surface area contributed by atoms with Gasteiger partial charge in [0.1, 0.15) is 0 Å². The van der Waals surface area contributed by atoms with Gasteiger partial charge >= 0.3 is 0 Å². The van der Waals surface area contributed by atoms with Gasteiger partial charge < -0.3 is 9.80 Å². The molecule has 0 heterocycles. The van der Waals surface area contributed by atoms with E-state index in [0.717, 1.165) is 28.4 Å². The van der Waals surface area contributed by atoms with Crippen LogP contribution in [0.1, 0.15) is 61.1 Å². The molecule has 0 aliphatic heterocycles. The SMILES string of the molecule is CC1(C)c2cc(/C=C/c3ccc4c(c3)C(C)(C)c3cc(N(c5ccc6ccccc6c5)c5cc6ccccc6c6ccccc56)ccc3-4)ccc2-c2ccc(N(c3ccccc3)c3ccccc3)cc21. The lowest BCUT2D eigenvalue weighted by atomic mass is 9.81. The van der Waals surface area contributed by atoms with Crippen molar-refractivity contribution in [2.45, 2.75) is 38.5 Å². The number of hydrogen-bond donors (Lipinski definition) is 0. The summed E-state index contributed by atoms with van der Waals surface area (Å²) in [6.45, 7) is 9.54. The molecular formula is C68H52N2. The van der Waals surface area contributed by atoms with E-state index in [4.69, 9.17) is 0 Å². The first-order valence-electron chi connectivity index (χ1n) is 24.6. The smallest absolute Gasteiger partial charge is 0.0546 e. The number of anilines is 6. The summed E-state index contributed by atoms with van der Waals surface area (Å²) < 4.78 is 0. The Hall–Kier alpha value is -8.46. The van der Waals surface area contributed by atoms with Gasteiger partial charge in [-0.1, -0.05) is 204 Å². The summed E-state index contributed by atoms with van der Waals surface area (Å²) in [4.78, 5) is 4.84. The third-order valence-electron chi connectivity index (χ3n) is 15.4. The molecule has 0 unspecified atom stereocenters. The van der Waals surface area contributed by atoms with Crippen LogP contribution in [-0.4, -0.2) is 0 Å². The first-order valence-corrected chi connectivity index (χ1v) is 24.6. The third-order valence-corrected chi connectivity index (χ3v) is 15.4. The van der Waals surface area contributed by atoms with Crippen LogP contribution in [0.3, 0.4) is 0 Å². The molecule has 0 bridgehead atoms. The minimum atomic E-state index is -0.218. The molecule has 0 radical (unpaired) electrons. The lowest BCUT2D eigenvalue weighted by Crippen LogP contribution is -2.17. The second kappa shape index (κ2) is 16.1. The van der Waals surface area contributed by atoms with E-state index in [0.29, 0.717) is 0 Å². The average Bonchev–Trinajstić information content (AvgIpc) is 3.76. The van der Waals surface area contributed by atoms with Crippen molar-refractivity contribution in [3.8, 4) is 22.3 Å². The van der Waals surface area contributed by atoms with Gasteiger partial charge in [-0.25, -0.2) is 0 Å². The van der Waals surface area contributed by atoms with Crippen molar-refractivity contribution in [2.24, 2.45) is 0 Å². The van der Waals surface area contributed by atoms with Crippen LogP contribution in [0.25, 0.3) is 66.7 Å². The maximum atomic E-state index is 2.48. The zero-order valence-corrected chi connectivity index (χ0v) is 40.0. The lowest BCUT2D eigenvalue weighted by molar-refractivity contribution is 0.660. The minimum absolute atomic E-state index is 0.170. The zero-order chi connectivity index (χ0) is 47.1. The Balaban J connectivity index is 0.834. The molecule has 13 rings (SSSR count). The molecule has 0 atom stereocenters. The van der Waals surface area contributed by atoms with E-state index in [1.54, 1.807) is 0 Å². The van der Waals surface area contributed by atoms with E-state index in [9.17, 15) is 0 Å². The second-order valence-electron chi connectivity index (χ2n) is 20.2. The van der Waals surface area contributed by atoms with Gasteiger partial charge in [0, 0.05) is 44.7 Å². The molecule has 11 aromatic carbocycles. The van der Waals surface area contributed by atoms with E-state index in [-0.39, 0.29) is 10.8 Å². The number of hydrogen-bond acceptors (Lipinski definition) is 2. The van der Waals surface area contributed by atoms with Crippen LogP contribution in [0.4, 0.5) is 34.1 Å². The zero-order valence-electron chi connectivity index (χ0n) is 40.0. The third kappa shape index (κ3) is 6.70. The van der Waals surface area contributed by atoms with Crippen molar-refractivity contribution < 1.29 is 0 Å². The van der Waals surface area contributed by atoms with E-state index in [2.05, 4.69) is 280 Å². The van der Waals surface area contributed by atoms with Gasteiger partial charge in [0.2, 0.25) is 0 Å². The quantitative estimate of drug-likeness (QED) is 0.111. The Morgan fingerprint density at radius 3 is 1.27 bits per heavy atom. The van der Waals surface area contributed by atoms with Gasteiger partial charge in [0.15, 0.2) is 0 Å². The van der Waals surface area contributed by atoms with Crippen LogP contribution in [0.5, 0.6) is 0 Å². The molecule has 0 fully saturated rings. The van der Waals surface area contributed by atoms with Gasteiger partial charge in [-0.05, 0) is 149 Å². The van der Waals surface area contributed by atoms with Gasteiger partial charge in [-0.15, -0.1) is 0 Å². The number of fused-ring (bicyclic) bond motifs is 10. The van der Waals surface area contributed by atoms with Crippen LogP contribution in [0.15, 0.2) is 231 Å². The summed E-state index contributed by atoms with van der Waals surface area (Å²) in [5.41, 5.74) is 19.6. The summed E-state index contributed by atoms with van der Waals surface area (Å²) in [7, 11) is 0. The molecule has 0 aromatic heterocycles. The normalized spacial score (nSPS) is 13.9. The van der Waals surface area contributed by atoms with Crippen LogP contribution < -0.4 is 9.80 Å². The van der Waals surface area contributed by atoms with Crippen molar-refractivity contribution in [1.82, 2.24) is 0 Å². The lowest BCUT2D eigenvalue weighted by Gasteiger charge is -2.30. The van der Waals surface area contributed by atoms with Crippen LogP contribution in [0.2, 0.25) is 0 Å². The molecule has 0 N–H and O–H groups in total.